The maximum Gasteiger partial charge on any atom is 0.0587 e. The van der Waals surface area contributed by atoms with Crippen molar-refractivity contribution >= 4 is 5.69 Å². The Bertz CT molecular complexity index is 644. The Kier molecular flexibility index (Phi) is 8.78. The summed E-state index contributed by atoms with van der Waals surface area (Å²) in [5.41, 5.74) is 2.70. The Balaban J connectivity index is 1.49. The van der Waals surface area contributed by atoms with E-state index in [1.807, 2.05) is 0 Å². The van der Waals surface area contributed by atoms with Gasteiger partial charge in [-0.2, -0.15) is 0 Å². The summed E-state index contributed by atoms with van der Waals surface area (Å²) in [5.74, 6) is 0. The first-order valence-electron chi connectivity index (χ1n) is 10.4. The highest BCUT2D eigenvalue weighted by Gasteiger charge is 2.21. The van der Waals surface area contributed by atoms with Crippen LogP contribution in [0.3, 0.4) is 0 Å². The van der Waals surface area contributed by atoms with Gasteiger partial charge in [-0.15, -0.1) is 0 Å². The highest BCUT2D eigenvalue weighted by molar-refractivity contribution is 5.46. The summed E-state index contributed by atoms with van der Waals surface area (Å²) in [7, 11) is 1.74. The van der Waals surface area contributed by atoms with Crippen LogP contribution in [0.15, 0.2) is 60.7 Å². The van der Waals surface area contributed by atoms with Crippen LogP contribution < -0.4 is 15.5 Å². The van der Waals surface area contributed by atoms with Gasteiger partial charge in [-0.3, -0.25) is 4.90 Å². The number of benzene rings is 2. The summed E-state index contributed by atoms with van der Waals surface area (Å²) in [6.07, 6.45) is 0. The van der Waals surface area contributed by atoms with E-state index in [4.69, 9.17) is 4.74 Å². The van der Waals surface area contributed by atoms with Crippen LogP contribution in [0, 0.1) is 0 Å². The van der Waals surface area contributed by atoms with Crippen molar-refractivity contribution in [2.45, 2.75) is 6.04 Å². The van der Waals surface area contributed by atoms with E-state index in [-0.39, 0.29) is 0 Å². The van der Waals surface area contributed by atoms with E-state index in [1.54, 1.807) is 7.11 Å². The maximum absolute atomic E-state index is 5.09. The van der Waals surface area contributed by atoms with Gasteiger partial charge in [0.15, 0.2) is 0 Å². The molecule has 1 heterocycles. The number of nitrogens with one attached hydrogen (secondary N) is 2. The lowest BCUT2D eigenvalue weighted by Gasteiger charge is -2.38. The first-order valence-corrected chi connectivity index (χ1v) is 10.4. The molecule has 1 aliphatic heterocycles. The Morgan fingerprint density at radius 3 is 2.21 bits per heavy atom. The Morgan fingerprint density at radius 1 is 0.857 bits per heavy atom. The zero-order valence-corrected chi connectivity index (χ0v) is 17.0. The SMILES string of the molecule is COCCNCCNC(CN1CCN(c2ccccc2)CC1)c1ccccc1. The number of rotatable bonds is 11. The molecule has 1 saturated heterocycles. The van der Waals surface area contributed by atoms with Crippen LogP contribution >= 0.6 is 0 Å². The maximum atomic E-state index is 5.09. The Labute approximate surface area is 169 Å². The highest BCUT2D eigenvalue weighted by atomic mass is 16.5. The van der Waals surface area contributed by atoms with Crippen LogP contribution in [-0.4, -0.2) is 71.0 Å². The predicted molar refractivity (Wildman–Crippen MR) is 117 cm³/mol. The van der Waals surface area contributed by atoms with Crippen molar-refractivity contribution < 1.29 is 4.74 Å². The van der Waals surface area contributed by atoms with Gasteiger partial charge in [-0.25, -0.2) is 0 Å². The van der Waals surface area contributed by atoms with E-state index < -0.39 is 0 Å². The molecule has 28 heavy (non-hydrogen) atoms. The van der Waals surface area contributed by atoms with Crippen LogP contribution in [0.4, 0.5) is 5.69 Å². The standard InChI is InChI=1S/C23H34N4O/c1-28-19-14-24-12-13-25-23(21-8-4-2-5-9-21)20-26-15-17-27(18-16-26)22-10-6-3-7-11-22/h2-11,23-25H,12-20H2,1H3. The molecule has 0 spiro atoms. The van der Waals surface area contributed by atoms with Gasteiger partial charge >= 0.3 is 0 Å². The number of methoxy groups -OCH3 is 1. The molecule has 0 amide bonds. The molecule has 3 rings (SSSR count). The van der Waals surface area contributed by atoms with Crippen LogP contribution in [0.25, 0.3) is 0 Å². The van der Waals surface area contributed by atoms with Gasteiger partial charge in [0.05, 0.1) is 6.61 Å². The van der Waals surface area contributed by atoms with E-state index in [1.165, 1.54) is 11.3 Å². The average molecular weight is 383 g/mol. The minimum atomic E-state index is 0.355. The van der Waals surface area contributed by atoms with E-state index in [0.717, 1.165) is 59.0 Å². The average Bonchev–Trinajstić information content (AvgIpc) is 2.77. The van der Waals surface area contributed by atoms with Gasteiger partial charge in [0.25, 0.3) is 0 Å². The molecular weight excluding hydrogens is 348 g/mol. The zero-order chi connectivity index (χ0) is 19.4. The molecule has 5 heteroatoms. The summed E-state index contributed by atoms with van der Waals surface area (Å²) >= 11 is 0. The fourth-order valence-corrected chi connectivity index (χ4v) is 3.69. The van der Waals surface area contributed by atoms with Crippen molar-refractivity contribution in [1.29, 1.82) is 0 Å². The summed E-state index contributed by atoms with van der Waals surface area (Å²) in [5, 5.41) is 7.16. The van der Waals surface area contributed by atoms with Crippen molar-refractivity contribution in [2.24, 2.45) is 0 Å². The van der Waals surface area contributed by atoms with Crippen LogP contribution in [-0.2, 0) is 4.74 Å². The van der Waals surface area contributed by atoms with Crippen LogP contribution in [0.1, 0.15) is 11.6 Å². The van der Waals surface area contributed by atoms with Gasteiger partial charge in [-0.1, -0.05) is 48.5 Å². The van der Waals surface area contributed by atoms with Gasteiger partial charge in [0, 0.05) is 71.2 Å². The molecule has 0 saturated carbocycles. The van der Waals surface area contributed by atoms with Gasteiger partial charge in [0.1, 0.15) is 0 Å². The Hall–Kier alpha value is -1.92. The summed E-state index contributed by atoms with van der Waals surface area (Å²) in [4.78, 5) is 5.07. The van der Waals surface area contributed by atoms with E-state index in [9.17, 15) is 0 Å². The molecule has 152 valence electrons. The summed E-state index contributed by atoms with van der Waals surface area (Å²) in [6.45, 7) is 8.99. The molecule has 2 N–H and O–H groups in total. The molecule has 5 nitrogen and oxygen atoms in total. The summed E-state index contributed by atoms with van der Waals surface area (Å²) < 4.78 is 5.09. The van der Waals surface area contributed by atoms with Gasteiger partial charge < -0.3 is 20.3 Å². The molecule has 1 unspecified atom stereocenters. The molecule has 1 fully saturated rings. The lowest BCUT2D eigenvalue weighted by molar-refractivity contribution is 0.199. The van der Waals surface area contributed by atoms with Crippen molar-refractivity contribution in [3.8, 4) is 0 Å². The largest absolute Gasteiger partial charge is 0.383 e. The fourth-order valence-electron chi connectivity index (χ4n) is 3.69. The number of nitrogens with zero attached hydrogens (tertiary/aromatic N) is 2. The molecule has 0 aromatic heterocycles. The van der Waals surface area contributed by atoms with E-state index >= 15 is 0 Å². The number of anilines is 1. The smallest absolute Gasteiger partial charge is 0.0587 e. The minimum Gasteiger partial charge on any atom is -0.383 e. The summed E-state index contributed by atoms with van der Waals surface area (Å²) in [6, 6.07) is 21.9. The second-order valence-electron chi connectivity index (χ2n) is 7.28. The van der Waals surface area contributed by atoms with Crippen LogP contribution in [0.2, 0.25) is 0 Å². The lowest BCUT2D eigenvalue weighted by Crippen LogP contribution is -2.49. The zero-order valence-electron chi connectivity index (χ0n) is 17.0. The third-order valence-corrected chi connectivity index (χ3v) is 5.31. The third-order valence-electron chi connectivity index (χ3n) is 5.31. The Morgan fingerprint density at radius 2 is 1.54 bits per heavy atom. The third kappa shape index (κ3) is 6.60. The van der Waals surface area contributed by atoms with Crippen molar-refractivity contribution in [1.82, 2.24) is 15.5 Å². The molecule has 1 aliphatic rings. The molecule has 0 bridgehead atoms. The normalized spacial score (nSPS) is 16.2. The highest BCUT2D eigenvalue weighted by Crippen LogP contribution is 2.18. The number of para-hydroxylation sites is 1. The monoisotopic (exact) mass is 382 g/mol. The van der Waals surface area contributed by atoms with Gasteiger partial charge in [-0.05, 0) is 17.7 Å². The molecule has 0 aliphatic carbocycles. The first kappa shape index (κ1) is 20.8. The van der Waals surface area contributed by atoms with Gasteiger partial charge in [0.2, 0.25) is 0 Å². The fraction of sp³-hybridized carbons (Fsp3) is 0.478. The van der Waals surface area contributed by atoms with Crippen molar-refractivity contribution in [2.75, 3.05) is 71.0 Å². The first-order chi connectivity index (χ1) is 13.9. The second-order valence-corrected chi connectivity index (χ2v) is 7.28. The predicted octanol–water partition coefficient (Wildman–Crippen LogP) is 2.38. The number of ether oxygens (including phenoxy) is 1. The quantitative estimate of drug-likeness (QED) is 0.584. The molecule has 0 radical (unpaired) electrons. The minimum absolute atomic E-state index is 0.355. The van der Waals surface area contributed by atoms with Crippen LogP contribution in [0.5, 0.6) is 0 Å². The number of hydrogen-bond acceptors (Lipinski definition) is 5. The number of piperazine rings is 1. The topological polar surface area (TPSA) is 39.8 Å². The van der Waals surface area contributed by atoms with Crippen molar-refractivity contribution in [3.63, 3.8) is 0 Å². The van der Waals surface area contributed by atoms with E-state index in [2.05, 4.69) is 81.1 Å². The lowest BCUT2D eigenvalue weighted by atomic mass is 10.1. The van der Waals surface area contributed by atoms with E-state index in [0.29, 0.717) is 6.04 Å². The van der Waals surface area contributed by atoms with Crippen molar-refractivity contribution in [3.05, 3.63) is 66.2 Å². The molecule has 2 aromatic carbocycles. The molecule has 2 aromatic rings. The second kappa shape index (κ2) is 11.8. The molecule has 1 atom stereocenters. The molecular formula is C23H34N4O. The number of hydrogen-bond donors (Lipinski definition) is 2.